The number of thioether (sulfide) groups is 1. The molecule has 1 rings (SSSR count). The van der Waals surface area contributed by atoms with Crippen molar-refractivity contribution in [1.29, 1.82) is 0 Å². The fourth-order valence-corrected chi connectivity index (χ4v) is 2.13. The molecular formula is C11H14F2N2OS. The van der Waals surface area contributed by atoms with Crippen LogP contribution in [0, 0.1) is 11.6 Å². The third-order valence-corrected chi connectivity index (χ3v) is 3.06. The van der Waals surface area contributed by atoms with Crippen LogP contribution in [0.1, 0.15) is 13.3 Å². The Kier molecular flexibility index (Phi) is 5.21. The van der Waals surface area contributed by atoms with Crippen molar-refractivity contribution in [2.75, 3.05) is 18.0 Å². The van der Waals surface area contributed by atoms with Gasteiger partial charge in [0, 0.05) is 24.4 Å². The quantitative estimate of drug-likeness (QED) is 0.630. The molecule has 1 amide bonds. The number of carbonyl (C=O) groups excluding carboxylic acids is 1. The second-order valence-corrected chi connectivity index (χ2v) is 4.47. The fourth-order valence-electron chi connectivity index (χ4n) is 1.25. The maximum atomic E-state index is 13.3. The normalized spacial score (nSPS) is 10.3. The van der Waals surface area contributed by atoms with Crippen molar-refractivity contribution in [2.45, 2.75) is 18.2 Å². The highest BCUT2D eigenvalue weighted by molar-refractivity contribution is 7.99. The molecule has 0 radical (unpaired) electrons. The molecule has 0 aliphatic carbocycles. The molecule has 3 N–H and O–H groups in total. The Morgan fingerprint density at radius 2 is 2.00 bits per heavy atom. The van der Waals surface area contributed by atoms with Gasteiger partial charge in [0.05, 0.1) is 4.90 Å². The van der Waals surface area contributed by atoms with Crippen molar-refractivity contribution in [1.82, 2.24) is 5.32 Å². The van der Waals surface area contributed by atoms with E-state index in [1.165, 1.54) is 0 Å². The molecule has 0 saturated carbocycles. The van der Waals surface area contributed by atoms with Crippen LogP contribution in [0.15, 0.2) is 17.0 Å². The van der Waals surface area contributed by atoms with E-state index in [0.29, 0.717) is 12.3 Å². The van der Waals surface area contributed by atoms with Crippen LogP contribution in [0.5, 0.6) is 0 Å². The predicted octanol–water partition coefficient (Wildman–Crippen LogP) is 2.17. The number of carbonyl (C=O) groups is 1. The summed E-state index contributed by atoms with van der Waals surface area (Å²) in [6.07, 6.45) is 0.224. The Morgan fingerprint density at radius 1 is 1.41 bits per heavy atom. The first kappa shape index (κ1) is 13.8. The van der Waals surface area contributed by atoms with Crippen molar-refractivity contribution < 1.29 is 13.6 Å². The van der Waals surface area contributed by atoms with Crippen LogP contribution in [0.3, 0.4) is 0 Å². The van der Waals surface area contributed by atoms with Crippen LogP contribution >= 0.6 is 11.8 Å². The summed E-state index contributed by atoms with van der Waals surface area (Å²) in [5.41, 5.74) is 5.34. The van der Waals surface area contributed by atoms with Gasteiger partial charge < -0.3 is 11.1 Å². The number of amides is 1. The highest BCUT2D eigenvalue weighted by atomic mass is 32.2. The summed E-state index contributed by atoms with van der Waals surface area (Å²) in [6, 6.07) is 2.13. The molecule has 0 unspecified atom stereocenters. The van der Waals surface area contributed by atoms with Gasteiger partial charge in [-0.25, -0.2) is 8.78 Å². The number of benzene rings is 1. The lowest BCUT2D eigenvalue weighted by atomic mass is 10.3. The zero-order chi connectivity index (χ0) is 12.8. The van der Waals surface area contributed by atoms with Crippen molar-refractivity contribution in [2.24, 2.45) is 0 Å². The van der Waals surface area contributed by atoms with Gasteiger partial charge >= 0.3 is 0 Å². The maximum absolute atomic E-state index is 13.3. The van der Waals surface area contributed by atoms with E-state index in [4.69, 9.17) is 5.73 Å². The molecule has 0 atom stereocenters. The molecule has 0 saturated heterocycles. The summed E-state index contributed by atoms with van der Waals surface area (Å²) in [4.78, 5) is 11.0. The van der Waals surface area contributed by atoms with Gasteiger partial charge in [0.25, 0.3) is 0 Å². The molecule has 0 aromatic heterocycles. The number of nitrogens with one attached hydrogen (secondary N) is 1. The number of halogens is 2. The maximum Gasteiger partial charge on any atom is 0.220 e. The standard InChI is InChI=1S/C11H14F2N2OS/c1-2-15-10(16)3-4-17-11-8(12)5-7(14)6-9(11)13/h5-6H,2-4,14H2,1H3,(H,15,16). The summed E-state index contributed by atoms with van der Waals surface area (Å²) < 4.78 is 26.7. The van der Waals surface area contributed by atoms with Crippen LogP contribution in [-0.2, 0) is 4.79 Å². The minimum Gasteiger partial charge on any atom is -0.399 e. The van der Waals surface area contributed by atoms with Gasteiger partial charge in [-0.15, -0.1) is 11.8 Å². The Balaban J connectivity index is 2.55. The van der Waals surface area contributed by atoms with Crippen LogP contribution in [0.25, 0.3) is 0 Å². The van der Waals surface area contributed by atoms with Crippen molar-refractivity contribution in [3.63, 3.8) is 0 Å². The minimum atomic E-state index is -0.691. The lowest BCUT2D eigenvalue weighted by Crippen LogP contribution is -2.22. The Bertz CT molecular complexity index is 389. The lowest BCUT2D eigenvalue weighted by molar-refractivity contribution is -0.120. The minimum absolute atomic E-state index is 0.0491. The zero-order valence-corrected chi connectivity index (χ0v) is 10.2. The highest BCUT2D eigenvalue weighted by Gasteiger charge is 2.11. The van der Waals surface area contributed by atoms with Gasteiger partial charge in [0.1, 0.15) is 11.6 Å². The smallest absolute Gasteiger partial charge is 0.220 e. The van der Waals surface area contributed by atoms with Gasteiger partial charge in [-0.3, -0.25) is 4.79 Å². The first-order valence-electron chi connectivity index (χ1n) is 5.18. The number of nitrogens with two attached hydrogens (primary N) is 1. The Hall–Kier alpha value is -1.30. The SMILES string of the molecule is CCNC(=O)CCSc1c(F)cc(N)cc1F. The summed E-state index contributed by atoms with van der Waals surface area (Å²) in [5.74, 6) is -1.19. The summed E-state index contributed by atoms with van der Waals surface area (Å²) in [5, 5.41) is 2.61. The largest absolute Gasteiger partial charge is 0.399 e. The lowest BCUT2D eigenvalue weighted by Gasteiger charge is -2.06. The van der Waals surface area contributed by atoms with E-state index < -0.39 is 11.6 Å². The van der Waals surface area contributed by atoms with Crippen LogP contribution in [-0.4, -0.2) is 18.2 Å². The molecule has 1 aromatic rings. The van der Waals surface area contributed by atoms with Gasteiger partial charge in [0.15, 0.2) is 0 Å². The summed E-state index contributed by atoms with van der Waals surface area (Å²) in [6.45, 7) is 2.36. The average Bonchev–Trinajstić information content (AvgIpc) is 2.22. The van der Waals surface area contributed by atoms with E-state index in [-0.39, 0.29) is 22.9 Å². The molecule has 0 aliphatic rings. The first-order chi connectivity index (χ1) is 8.04. The number of rotatable bonds is 5. The molecule has 17 heavy (non-hydrogen) atoms. The third-order valence-electron chi connectivity index (χ3n) is 1.97. The first-order valence-corrected chi connectivity index (χ1v) is 6.17. The molecule has 0 spiro atoms. The van der Waals surface area contributed by atoms with E-state index in [0.717, 1.165) is 23.9 Å². The molecule has 0 bridgehead atoms. The van der Waals surface area contributed by atoms with Gasteiger partial charge in [-0.1, -0.05) is 0 Å². The number of anilines is 1. The van der Waals surface area contributed by atoms with E-state index in [9.17, 15) is 13.6 Å². The van der Waals surface area contributed by atoms with Crippen molar-refractivity contribution >= 4 is 23.4 Å². The summed E-state index contributed by atoms with van der Waals surface area (Å²) in [7, 11) is 0. The van der Waals surface area contributed by atoms with Gasteiger partial charge in [-0.2, -0.15) is 0 Å². The zero-order valence-electron chi connectivity index (χ0n) is 9.43. The van der Waals surface area contributed by atoms with E-state index >= 15 is 0 Å². The van der Waals surface area contributed by atoms with E-state index in [1.807, 2.05) is 6.92 Å². The number of nitrogen functional groups attached to an aromatic ring is 1. The van der Waals surface area contributed by atoms with Crippen molar-refractivity contribution in [3.8, 4) is 0 Å². The Morgan fingerprint density at radius 3 is 2.53 bits per heavy atom. The number of hydrogen-bond donors (Lipinski definition) is 2. The number of hydrogen-bond acceptors (Lipinski definition) is 3. The molecule has 3 nitrogen and oxygen atoms in total. The molecule has 1 aromatic carbocycles. The van der Waals surface area contributed by atoms with Crippen molar-refractivity contribution in [3.05, 3.63) is 23.8 Å². The van der Waals surface area contributed by atoms with E-state index in [2.05, 4.69) is 5.32 Å². The second kappa shape index (κ2) is 6.44. The fraction of sp³-hybridized carbons (Fsp3) is 0.364. The van der Waals surface area contributed by atoms with Crippen LogP contribution in [0.2, 0.25) is 0 Å². The average molecular weight is 260 g/mol. The molecule has 6 heteroatoms. The molecular weight excluding hydrogens is 246 g/mol. The second-order valence-electron chi connectivity index (χ2n) is 3.37. The molecule has 0 aliphatic heterocycles. The molecule has 0 fully saturated rings. The van der Waals surface area contributed by atoms with Gasteiger partial charge in [0.2, 0.25) is 5.91 Å². The van der Waals surface area contributed by atoms with E-state index in [1.54, 1.807) is 0 Å². The summed E-state index contributed by atoms with van der Waals surface area (Å²) >= 11 is 0.970. The van der Waals surface area contributed by atoms with Crippen LogP contribution < -0.4 is 11.1 Å². The molecule has 94 valence electrons. The third kappa shape index (κ3) is 4.22. The van der Waals surface area contributed by atoms with Gasteiger partial charge in [-0.05, 0) is 19.1 Å². The predicted molar refractivity (Wildman–Crippen MR) is 64.8 cm³/mol. The topological polar surface area (TPSA) is 55.1 Å². The monoisotopic (exact) mass is 260 g/mol. The molecule has 0 heterocycles. The Labute approximate surface area is 103 Å². The van der Waals surface area contributed by atoms with Crippen LogP contribution in [0.4, 0.5) is 14.5 Å². The highest BCUT2D eigenvalue weighted by Crippen LogP contribution is 2.27.